The molecule has 13 heavy (non-hydrogen) atoms. The molecule has 0 spiro atoms. The Bertz CT molecular complexity index is 155. The van der Waals surface area contributed by atoms with Crippen LogP contribution in [-0.2, 0) is 41.3 Å². The van der Waals surface area contributed by atoms with Crippen LogP contribution in [0.1, 0.15) is 6.42 Å². The summed E-state index contributed by atoms with van der Waals surface area (Å²) >= 11 is 0. The van der Waals surface area contributed by atoms with Crippen LogP contribution in [0.5, 0.6) is 0 Å². The maximum absolute atomic E-state index is 9.97. The van der Waals surface area contributed by atoms with Gasteiger partial charge in [0, 0.05) is 25.4 Å². The molecule has 0 atom stereocenters. The summed E-state index contributed by atoms with van der Waals surface area (Å²) in [5.74, 6) is -4.44. The molecule has 0 aliphatic heterocycles. The van der Waals surface area contributed by atoms with E-state index in [4.69, 9.17) is 10.2 Å². The van der Waals surface area contributed by atoms with E-state index in [1.165, 1.54) is 0 Å². The summed E-state index contributed by atoms with van der Waals surface area (Å²) in [5.41, 5.74) is 0. The fraction of sp³-hybridized carbons (Fsp3) is 0.250. The van der Waals surface area contributed by atoms with Crippen LogP contribution in [0.3, 0.4) is 0 Å². The predicted molar refractivity (Wildman–Crippen MR) is 29.1 cm³/mol. The Labute approximate surface area is 96.9 Å². The Morgan fingerprint density at radius 1 is 1.15 bits per heavy atom. The van der Waals surface area contributed by atoms with E-state index in [1.807, 2.05) is 0 Å². The molecule has 0 amide bonds. The molecular weight excluding hydrogens is 281 g/mol. The largest absolute Gasteiger partial charge is 2.00 e. The van der Waals surface area contributed by atoms with Crippen molar-refractivity contribution in [2.45, 2.75) is 6.42 Å². The predicted octanol–water partition coefficient (Wildman–Crippen LogP) is -3.75. The van der Waals surface area contributed by atoms with Crippen molar-refractivity contribution in [1.82, 2.24) is 0 Å². The Morgan fingerprint density at radius 3 is 1.54 bits per heavy atom. The molecule has 0 aromatic rings. The monoisotopic (exact) mass is 288 g/mol. The second-order valence-electron chi connectivity index (χ2n) is 1.30. The minimum atomic E-state index is -1.71. The third-order valence-corrected chi connectivity index (χ3v) is 0.550. The second-order valence-corrected chi connectivity index (χ2v) is 1.30. The first kappa shape index (κ1) is 29.3. The van der Waals surface area contributed by atoms with Gasteiger partial charge in [0.05, 0.1) is 6.42 Å². The number of carboxylic acid groups (broad SMARTS) is 1. The van der Waals surface area contributed by atoms with E-state index in [0.29, 0.717) is 0 Å². The molecule has 0 saturated heterocycles. The average molecular weight is 289 g/mol. The van der Waals surface area contributed by atoms with Gasteiger partial charge in [-0.25, -0.2) is 0 Å². The normalized spacial score (nSPS) is 8.62. The number of hydrogen-bond donors (Lipinski definition) is 2. The van der Waals surface area contributed by atoms with Gasteiger partial charge in [0.2, 0.25) is 0 Å². The molecule has 0 aliphatic rings. The number of aliphatic hydroxyl groups is 1. The smallest absolute Gasteiger partial charge is 0.874 e. The molecule has 0 heterocycles. The maximum atomic E-state index is 9.97. The van der Waals surface area contributed by atoms with Crippen molar-refractivity contribution in [2.75, 3.05) is 0 Å². The number of rotatable bonds is 2. The van der Waals surface area contributed by atoms with Gasteiger partial charge in [-0.2, -0.15) is 0 Å². The number of carboxylic acids is 1. The minimum Gasteiger partial charge on any atom is -0.874 e. The van der Waals surface area contributed by atoms with E-state index < -0.39 is 24.1 Å². The van der Waals surface area contributed by atoms with Crippen LogP contribution in [0.2, 0.25) is 0 Å². The zero-order valence-corrected chi connectivity index (χ0v) is 10.5. The molecule has 7 nitrogen and oxygen atoms in total. The zero-order chi connectivity index (χ0) is 7.44. The van der Waals surface area contributed by atoms with Crippen LogP contribution in [0.25, 0.3) is 0 Å². The van der Waals surface area contributed by atoms with Gasteiger partial charge in [0.25, 0.3) is 0 Å². The first-order valence-corrected chi connectivity index (χ1v) is 2.02. The van der Waals surface area contributed by atoms with E-state index >= 15 is 0 Å². The van der Waals surface area contributed by atoms with Crippen molar-refractivity contribution >= 4 is 5.97 Å². The van der Waals surface area contributed by atoms with Crippen LogP contribution in [0.4, 0.5) is 0 Å². The summed E-state index contributed by atoms with van der Waals surface area (Å²) in [6.45, 7) is 0. The maximum Gasteiger partial charge on any atom is 2.00 e. The van der Waals surface area contributed by atoms with Gasteiger partial charge < -0.3 is 31.4 Å². The molecule has 0 radical (unpaired) electrons. The van der Waals surface area contributed by atoms with E-state index in [2.05, 4.69) is 0 Å². The summed E-state index contributed by atoms with van der Waals surface area (Å²) in [6, 6.07) is 0. The molecule has 0 aromatic carbocycles. The topological polar surface area (TPSA) is 167 Å². The summed E-state index contributed by atoms with van der Waals surface area (Å²) < 4.78 is 0. The molecule has 0 unspecified atom stereocenters. The van der Waals surface area contributed by atoms with Crippen LogP contribution >= 0.6 is 0 Å². The van der Waals surface area contributed by atoms with Crippen molar-refractivity contribution in [1.29, 1.82) is 0 Å². The van der Waals surface area contributed by atoms with E-state index in [0.717, 1.165) is 0 Å². The number of carbonyl (C=O) groups is 1. The molecule has 0 saturated carbocycles. The van der Waals surface area contributed by atoms with Gasteiger partial charge in [0.1, 0.15) is 0 Å². The van der Waals surface area contributed by atoms with Crippen molar-refractivity contribution in [3.8, 4) is 0 Å². The Balaban J connectivity index is -0.0000000533. The van der Waals surface area contributed by atoms with Crippen molar-refractivity contribution in [3.05, 3.63) is 11.7 Å². The van der Waals surface area contributed by atoms with Crippen LogP contribution in [0.15, 0.2) is 11.7 Å². The molecular formula is C4H8FeO7Zn. The van der Waals surface area contributed by atoms with E-state index in [1.54, 1.807) is 0 Å². The molecule has 6 N–H and O–H groups in total. The standard InChI is InChI=1S/C4H6O5.Fe.2H2O.Zn/c5-2(4(8)9)1-3(6)7;;;;/h5,8-9H,1H2,(H,6,7);;2*1H2;/q;+2;;;/p-2. The van der Waals surface area contributed by atoms with Crippen LogP contribution < -0.4 is 10.2 Å². The summed E-state index contributed by atoms with van der Waals surface area (Å²) in [5, 5.41) is 35.3. The van der Waals surface area contributed by atoms with Gasteiger partial charge >= 0.3 is 23.0 Å². The first-order valence-electron chi connectivity index (χ1n) is 2.02. The van der Waals surface area contributed by atoms with Crippen LogP contribution in [-0.4, -0.2) is 27.1 Å². The summed E-state index contributed by atoms with van der Waals surface area (Å²) in [7, 11) is 0. The van der Waals surface area contributed by atoms with Crippen molar-refractivity contribution < 1.29 is 72.7 Å². The molecule has 0 aliphatic carbocycles. The van der Waals surface area contributed by atoms with Gasteiger partial charge in [-0.15, -0.1) is 0 Å². The fourth-order valence-corrected chi connectivity index (χ4v) is 0.213. The molecule has 76 valence electrons. The summed E-state index contributed by atoms with van der Waals surface area (Å²) in [4.78, 5) is 9.63. The third-order valence-electron chi connectivity index (χ3n) is 0.550. The zero-order valence-electron chi connectivity index (χ0n) is 6.39. The number of aliphatic hydroxyl groups excluding tert-OH is 1. The first-order chi connectivity index (χ1) is 4.04. The van der Waals surface area contributed by atoms with Gasteiger partial charge in [-0.3, -0.25) is 4.79 Å². The molecule has 0 bridgehead atoms. The fourth-order valence-electron chi connectivity index (χ4n) is 0.213. The van der Waals surface area contributed by atoms with Gasteiger partial charge in [0.15, 0.2) is 0 Å². The van der Waals surface area contributed by atoms with Crippen LogP contribution in [0, 0.1) is 0 Å². The summed E-state index contributed by atoms with van der Waals surface area (Å²) in [6.07, 6.45) is -0.949. The Kier molecular flexibility index (Phi) is 32.1. The van der Waals surface area contributed by atoms with E-state index in [9.17, 15) is 15.0 Å². The minimum absolute atomic E-state index is 0. The quantitative estimate of drug-likeness (QED) is 0.393. The van der Waals surface area contributed by atoms with Gasteiger partial charge in [-0.05, 0) is 0 Å². The second kappa shape index (κ2) is 14.2. The van der Waals surface area contributed by atoms with Crippen molar-refractivity contribution in [2.24, 2.45) is 0 Å². The molecule has 0 aromatic heterocycles. The van der Waals surface area contributed by atoms with Crippen molar-refractivity contribution in [3.63, 3.8) is 0 Å². The molecule has 9 heteroatoms. The Hall–Kier alpha value is -0.327. The third kappa shape index (κ3) is 18.6. The van der Waals surface area contributed by atoms with E-state index in [-0.39, 0.29) is 47.5 Å². The number of hydrogen-bond acceptors (Lipinski definition) is 4. The van der Waals surface area contributed by atoms with Gasteiger partial charge in [-0.1, -0.05) is 5.76 Å². The SMILES string of the molecule is O.O.O=C(O)CC([O-])=C([O-])O.[Fe+2].[Zn]. The molecule has 0 fully saturated rings. The molecule has 0 rings (SSSR count). The Morgan fingerprint density at radius 2 is 1.46 bits per heavy atom. The average Bonchev–Trinajstić information content (AvgIpc) is 1.63. The number of aliphatic carboxylic acids is 1.